The van der Waals surface area contributed by atoms with E-state index in [4.69, 9.17) is 14.4 Å². The predicted octanol–water partition coefficient (Wildman–Crippen LogP) is 10.7. The second kappa shape index (κ2) is 8.51. The smallest absolute Gasteiger partial charge is 0.235 e. The van der Waals surface area contributed by atoms with E-state index in [0.717, 1.165) is 55.1 Å². The third kappa shape index (κ3) is 3.14. The number of aromatic nitrogens is 3. The third-order valence-corrected chi connectivity index (χ3v) is 9.75. The van der Waals surface area contributed by atoms with Crippen molar-refractivity contribution in [3.63, 3.8) is 0 Å². The first-order valence-electron chi connectivity index (χ1n) is 14.3. The molecular formula is C38H21N3OS. The fourth-order valence-corrected chi connectivity index (χ4v) is 7.93. The van der Waals surface area contributed by atoms with Gasteiger partial charge in [-0.2, -0.15) is 0 Å². The average Bonchev–Trinajstić information content (AvgIpc) is 3.73. The van der Waals surface area contributed by atoms with E-state index in [2.05, 4.69) is 114 Å². The van der Waals surface area contributed by atoms with Crippen LogP contribution in [0.25, 0.3) is 92.0 Å². The zero-order chi connectivity index (χ0) is 28.1. The zero-order valence-corrected chi connectivity index (χ0v) is 23.6. The molecule has 0 aliphatic carbocycles. The van der Waals surface area contributed by atoms with Crippen LogP contribution in [-0.2, 0) is 0 Å². The minimum absolute atomic E-state index is 0.656. The van der Waals surface area contributed by atoms with Gasteiger partial charge < -0.3 is 4.42 Å². The Morgan fingerprint density at radius 1 is 0.488 bits per heavy atom. The molecule has 4 heterocycles. The molecule has 0 amide bonds. The Labute approximate surface area is 249 Å². The van der Waals surface area contributed by atoms with Crippen LogP contribution in [-0.4, -0.2) is 14.5 Å². The lowest BCUT2D eigenvalue weighted by Gasteiger charge is -2.11. The number of furan rings is 1. The van der Waals surface area contributed by atoms with E-state index in [1.807, 2.05) is 29.5 Å². The number of benzene rings is 6. The summed E-state index contributed by atoms with van der Waals surface area (Å²) in [5.74, 6) is 0.656. The first-order valence-corrected chi connectivity index (χ1v) is 15.2. The van der Waals surface area contributed by atoms with E-state index >= 15 is 0 Å². The molecule has 4 nitrogen and oxygen atoms in total. The lowest BCUT2D eigenvalue weighted by atomic mass is 10.0. The van der Waals surface area contributed by atoms with E-state index in [-0.39, 0.29) is 0 Å². The minimum Gasteiger partial charge on any atom is -0.456 e. The van der Waals surface area contributed by atoms with Gasteiger partial charge in [-0.1, -0.05) is 84.9 Å². The molecular weight excluding hydrogens is 547 g/mol. The van der Waals surface area contributed by atoms with Gasteiger partial charge in [-0.3, -0.25) is 4.57 Å². The molecule has 200 valence electrons. The Bertz CT molecular complexity index is 2610. The SMILES string of the molecule is c1ccc(-c2nc(-n3c4ccc5oc6ccccc6c5c4c4c5c(ccc43)sc3ccccc35)nc3ccccc23)cc1. The highest BCUT2D eigenvalue weighted by atomic mass is 32.1. The van der Waals surface area contributed by atoms with Gasteiger partial charge in [0, 0.05) is 52.7 Å². The minimum atomic E-state index is 0.656. The summed E-state index contributed by atoms with van der Waals surface area (Å²) in [5.41, 5.74) is 6.82. The van der Waals surface area contributed by atoms with Gasteiger partial charge in [0.25, 0.3) is 0 Å². The molecule has 0 saturated heterocycles. The van der Waals surface area contributed by atoms with Crippen molar-refractivity contribution in [3.8, 4) is 17.2 Å². The highest BCUT2D eigenvalue weighted by Gasteiger charge is 2.23. The quantitative estimate of drug-likeness (QED) is 0.209. The van der Waals surface area contributed by atoms with Crippen LogP contribution in [0.4, 0.5) is 0 Å². The van der Waals surface area contributed by atoms with Crippen LogP contribution < -0.4 is 0 Å². The Hall–Kier alpha value is -5.52. The summed E-state index contributed by atoms with van der Waals surface area (Å²) in [7, 11) is 0. The Morgan fingerprint density at radius 3 is 2.07 bits per heavy atom. The summed E-state index contributed by atoms with van der Waals surface area (Å²) in [4.78, 5) is 10.5. The molecule has 0 spiro atoms. The number of fused-ring (bicyclic) bond motifs is 12. The number of para-hydroxylation sites is 2. The summed E-state index contributed by atoms with van der Waals surface area (Å²) < 4.78 is 11.2. The van der Waals surface area contributed by atoms with E-state index in [9.17, 15) is 0 Å². The molecule has 0 fully saturated rings. The fraction of sp³-hybridized carbons (Fsp3) is 0. The zero-order valence-electron chi connectivity index (χ0n) is 22.8. The van der Waals surface area contributed by atoms with Crippen LogP contribution in [0.3, 0.4) is 0 Å². The molecule has 5 heteroatoms. The van der Waals surface area contributed by atoms with Crippen LogP contribution in [0.2, 0.25) is 0 Å². The second-order valence-corrected chi connectivity index (χ2v) is 12.0. The van der Waals surface area contributed by atoms with Crippen LogP contribution >= 0.6 is 11.3 Å². The maximum absolute atomic E-state index is 6.40. The van der Waals surface area contributed by atoms with Crippen molar-refractivity contribution in [1.82, 2.24) is 14.5 Å². The van der Waals surface area contributed by atoms with Gasteiger partial charge in [0.2, 0.25) is 5.95 Å². The van der Waals surface area contributed by atoms with Gasteiger partial charge in [-0.15, -0.1) is 11.3 Å². The molecule has 0 radical (unpaired) electrons. The molecule has 0 saturated carbocycles. The molecule has 0 aliphatic rings. The maximum Gasteiger partial charge on any atom is 0.235 e. The van der Waals surface area contributed by atoms with E-state index in [1.54, 1.807) is 0 Å². The Kier molecular flexibility index (Phi) is 4.57. The van der Waals surface area contributed by atoms with Crippen molar-refractivity contribution in [2.45, 2.75) is 0 Å². The molecule has 10 aromatic rings. The van der Waals surface area contributed by atoms with E-state index in [1.165, 1.54) is 30.9 Å². The monoisotopic (exact) mass is 567 g/mol. The number of thiophene rings is 1. The summed E-state index contributed by atoms with van der Waals surface area (Å²) in [6.07, 6.45) is 0. The molecule has 0 atom stereocenters. The molecule has 4 aromatic heterocycles. The van der Waals surface area contributed by atoms with Crippen molar-refractivity contribution in [3.05, 3.63) is 127 Å². The van der Waals surface area contributed by atoms with Crippen molar-refractivity contribution in [2.24, 2.45) is 0 Å². The molecule has 0 N–H and O–H groups in total. The number of rotatable bonds is 2. The van der Waals surface area contributed by atoms with E-state index in [0.29, 0.717) is 5.95 Å². The Morgan fingerprint density at radius 2 is 1.19 bits per heavy atom. The highest BCUT2D eigenvalue weighted by Crippen LogP contribution is 2.47. The van der Waals surface area contributed by atoms with Gasteiger partial charge >= 0.3 is 0 Å². The number of nitrogens with zero attached hydrogens (tertiary/aromatic N) is 3. The van der Waals surface area contributed by atoms with Gasteiger partial charge in [-0.25, -0.2) is 9.97 Å². The number of hydrogen-bond donors (Lipinski definition) is 0. The molecule has 10 rings (SSSR count). The first kappa shape index (κ1) is 23.1. The summed E-state index contributed by atoms with van der Waals surface area (Å²) in [6.45, 7) is 0. The van der Waals surface area contributed by atoms with Crippen molar-refractivity contribution in [2.75, 3.05) is 0 Å². The van der Waals surface area contributed by atoms with Crippen molar-refractivity contribution < 1.29 is 4.42 Å². The largest absolute Gasteiger partial charge is 0.456 e. The standard InChI is InChI=1S/C38H21N3OS/c1-2-10-22(11-3-1)37-23-12-4-7-15-26(23)39-38(40-37)41-27-18-20-30-33(24-13-5-8-16-29(24)42-30)35(27)36-28(41)19-21-32-34(36)25-14-6-9-17-31(25)43-32/h1-21H. The van der Waals surface area contributed by atoms with Crippen LogP contribution in [0.15, 0.2) is 132 Å². The van der Waals surface area contributed by atoms with Gasteiger partial charge in [0.05, 0.1) is 22.2 Å². The molecule has 0 bridgehead atoms. The summed E-state index contributed by atoms with van der Waals surface area (Å²) in [6, 6.07) is 44.5. The number of hydrogen-bond acceptors (Lipinski definition) is 4. The molecule has 0 aliphatic heterocycles. The topological polar surface area (TPSA) is 43.9 Å². The lowest BCUT2D eigenvalue weighted by Crippen LogP contribution is -2.03. The second-order valence-electron chi connectivity index (χ2n) is 11.0. The molecule has 0 unspecified atom stereocenters. The van der Waals surface area contributed by atoms with Crippen molar-refractivity contribution >= 4 is 86.2 Å². The van der Waals surface area contributed by atoms with E-state index < -0.39 is 0 Å². The fourth-order valence-electron chi connectivity index (χ4n) is 6.82. The highest BCUT2D eigenvalue weighted by molar-refractivity contribution is 7.26. The maximum atomic E-state index is 6.40. The third-order valence-electron chi connectivity index (χ3n) is 8.61. The predicted molar refractivity (Wildman–Crippen MR) is 179 cm³/mol. The van der Waals surface area contributed by atoms with Crippen LogP contribution in [0, 0.1) is 0 Å². The van der Waals surface area contributed by atoms with Gasteiger partial charge in [-0.05, 0) is 42.5 Å². The van der Waals surface area contributed by atoms with Gasteiger partial charge in [0.15, 0.2) is 0 Å². The lowest BCUT2D eigenvalue weighted by molar-refractivity contribution is 0.669. The Balaban J connectivity index is 1.45. The summed E-state index contributed by atoms with van der Waals surface area (Å²) in [5, 5.41) is 8.19. The average molecular weight is 568 g/mol. The molecule has 6 aromatic carbocycles. The van der Waals surface area contributed by atoms with Crippen LogP contribution in [0.1, 0.15) is 0 Å². The van der Waals surface area contributed by atoms with Crippen molar-refractivity contribution in [1.29, 1.82) is 0 Å². The molecule has 43 heavy (non-hydrogen) atoms. The first-order chi connectivity index (χ1) is 21.3. The summed E-state index contributed by atoms with van der Waals surface area (Å²) >= 11 is 1.84. The van der Waals surface area contributed by atoms with Crippen LogP contribution in [0.5, 0.6) is 0 Å². The normalized spacial score (nSPS) is 12.2. The van der Waals surface area contributed by atoms with Gasteiger partial charge in [0.1, 0.15) is 11.2 Å².